The molecular weight excluding hydrogens is 349 g/mol. The third-order valence-electron chi connectivity index (χ3n) is 4.67. The number of nitrogens with one attached hydrogen (secondary N) is 1. The molecule has 0 aliphatic rings. The number of aromatic amines is 1. The lowest BCUT2D eigenvalue weighted by Crippen LogP contribution is -2.30. The zero-order chi connectivity index (χ0) is 19.4. The van der Waals surface area contributed by atoms with Gasteiger partial charge in [0, 0.05) is 30.8 Å². The number of H-pyrrole nitrogens is 1. The summed E-state index contributed by atoms with van der Waals surface area (Å²) in [5.41, 5.74) is 2.52. The van der Waals surface area contributed by atoms with Crippen LogP contribution in [0.25, 0.3) is 17.0 Å². The second kappa shape index (κ2) is 8.01. The Labute approximate surface area is 157 Å². The van der Waals surface area contributed by atoms with Gasteiger partial charge in [0.25, 0.3) is 0 Å². The molecular formula is C22H23F3N2. The molecule has 3 aromatic rings. The fourth-order valence-corrected chi connectivity index (χ4v) is 3.07. The maximum Gasteiger partial charge on any atom is 0.416 e. The Hall–Kier alpha value is -2.53. The van der Waals surface area contributed by atoms with E-state index in [1.54, 1.807) is 0 Å². The van der Waals surface area contributed by atoms with E-state index in [4.69, 9.17) is 0 Å². The van der Waals surface area contributed by atoms with Gasteiger partial charge < -0.3 is 4.98 Å². The Morgan fingerprint density at radius 1 is 1.04 bits per heavy atom. The second-order valence-corrected chi connectivity index (χ2v) is 6.90. The normalized spacial score (nSPS) is 12.7. The van der Waals surface area contributed by atoms with Gasteiger partial charge >= 0.3 is 6.18 Å². The van der Waals surface area contributed by atoms with Crippen LogP contribution in [0.3, 0.4) is 0 Å². The molecule has 0 saturated carbocycles. The van der Waals surface area contributed by atoms with Crippen molar-refractivity contribution in [3.8, 4) is 0 Å². The lowest BCUT2D eigenvalue weighted by atomic mass is 10.1. The van der Waals surface area contributed by atoms with Gasteiger partial charge in [-0.05, 0) is 48.6 Å². The summed E-state index contributed by atoms with van der Waals surface area (Å²) in [6.45, 7) is 5.80. The molecule has 0 fully saturated rings. The number of fused-ring (bicyclic) bond motifs is 1. The quantitative estimate of drug-likeness (QED) is 0.553. The number of nitrogens with zero attached hydrogens (tertiary/aromatic N) is 1. The van der Waals surface area contributed by atoms with Gasteiger partial charge in [0.15, 0.2) is 0 Å². The molecule has 0 spiro atoms. The summed E-state index contributed by atoms with van der Waals surface area (Å²) in [5.74, 6) is 0. The summed E-state index contributed by atoms with van der Waals surface area (Å²) in [6.07, 6.45) is 1.51. The van der Waals surface area contributed by atoms with E-state index >= 15 is 0 Å². The number of hydrogen-bond acceptors (Lipinski definition) is 1. The van der Waals surface area contributed by atoms with Crippen LogP contribution in [-0.4, -0.2) is 22.5 Å². The molecule has 0 radical (unpaired) electrons. The monoisotopic (exact) mass is 372 g/mol. The number of para-hydroxylation sites is 1. The molecule has 0 aliphatic carbocycles. The first-order valence-corrected chi connectivity index (χ1v) is 8.97. The minimum absolute atomic E-state index is 0.340. The zero-order valence-electron chi connectivity index (χ0n) is 15.4. The number of aromatic nitrogens is 1. The van der Waals surface area contributed by atoms with Gasteiger partial charge in [-0.3, -0.25) is 4.90 Å². The van der Waals surface area contributed by atoms with E-state index in [9.17, 15) is 13.2 Å². The molecule has 1 aromatic heterocycles. The average molecular weight is 372 g/mol. The molecule has 2 nitrogen and oxygen atoms in total. The summed E-state index contributed by atoms with van der Waals surface area (Å²) >= 11 is 0. The van der Waals surface area contributed by atoms with Crippen molar-refractivity contribution >= 4 is 17.0 Å². The van der Waals surface area contributed by atoms with Crippen LogP contribution in [0, 0.1) is 0 Å². The molecule has 0 amide bonds. The molecule has 0 aliphatic heterocycles. The molecule has 1 heterocycles. The Kier molecular flexibility index (Phi) is 5.71. The molecule has 0 bridgehead atoms. The van der Waals surface area contributed by atoms with E-state index in [0.29, 0.717) is 6.04 Å². The highest BCUT2D eigenvalue weighted by Gasteiger charge is 2.29. The lowest BCUT2D eigenvalue weighted by molar-refractivity contribution is -0.137. The van der Waals surface area contributed by atoms with E-state index < -0.39 is 11.7 Å². The van der Waals surface area contributed by atoms with Crippen LogP contribution < -0.4 is 0 Å². The van der Waals surface area contributed by atoms with Crippen LogP contribution >= 0.6 is 0 Å². The number of benzene rings is 2. The smallest absolute Gasteiger partial charge is 0.361 e. The van der Waals surface area contributed by atoms with Crippen molar-refractivity contribution < 1.29 is 13.2 Å². The van der Waals surface area contributed by atoms with Crippen LogP contribution in [0.1, 0.15) is 30.5 Å². The first-order chi connectivity index (χ1) is 12.8. The maximum atomic E-state index is 12.6. The fourth-order valence-electron chi connectivity index (χ4n) is 3.07. The Bertz CT molecular complexity index is 905. The maximum absolute atomic E-state index is 12.6. The molecule has 3 rings (SSSR count). The van der Waals surface area contributed by atoms with Gasteiger partial charge in [0.2, 0.25) is 0 Å². The largest absolute Gasteiger partial charge is 0.416 e. The van der Waals surface area contributed by atoms with E-state index in [2.05, 4.69) is 48.0 Å². The minimum atomic E-state index is -4.30. The summed E-state index contributed by atoms with van der Waals surface area (Å²) in [5, 5.41) is 1.19. The van der Waals surface area contributed by atoms with Crippen LogP contribution in [0.2, 0.25) is 0 Å². The summed E-state index contributed by atoms with van der Waals surface area (Å²) < 4.78 is 37.9. The average Bonchev–Trinajstić information content (AvgIpc) is 3.10. The van der Waals surface area contributed by atoms with E-state index in [1.165, 1.54) is 23.1 Å². The highest BCUT2D eigenvalue weighted by Crippen LogP contribution is 2.29. The van der Waals surface area contributed by atoms with Gasteiger partial charge in [-0.15, -0.1) is 0 Å². The van der Waals surface area contributed by atoms with Gasteiger partial charge in [0.05, 0.1) is 5.56 Å². The van der Waals surface area contributed by atoms with Crippen molar-refractivity contribution in [2.75, 3.05) is 6.54 Å². The third-order valence-corrected chi connectivity index (χ3v) is 4.67. The van der Waals surface area contributed by atoms with E-state index in [0.717, 1.165) is 36.3 Å². The molecule has 5 heteroatoms. The first kappa shape index (κ1) is 19.2. The second-order valence-electron chi connectivity index (χ2n) is 6.90. The molecule has 27 heavy (non-hydrogen) atoms. The summed E-state index contributed by atoms with van der Waals surface area (Å²) in [4.78, 5) is 5.61. The predicted molar refractivity (Wildman–Crippen MR) is 104 cm³/mol. The summed E-state index contributed by atoms with van der Waals surface area (Å²) in [6, 6.07) is 13.9. The highest BCUT2D eigenvalue weighted by atomic mass is 19.4. The van der Waals surface area contributed by atoms with Gasteiger partial charge in [-0.1, -0.05) is 42.5 Å². The van der Waals surface area contributed by atoms with Crippen molar-refractivity contribution in [2.24, 2.45) is 0 Å². The molecule has 0 unspecified atom stereocenters. The van der Waals surface area contributed by atoms with Gasteiger partial charge in [0.1, 0.15) is 0 Å². The van der Waals surface area contributed by atoms with Gasteiger partial charge in [-0.25, -0.2) is 0 Å². The van der Waals surface area contributed by atoms with Crippen molar-refractivity contribution in [2.45, 2.75) is 32.6 Å². The van der Waals surface area contributed by atoms with Crippen LogP contribution in [0.5, 0.6) is 0 Å². The fraction of sp³-hybridized carbons (Fsp3) is 0.273. The highest BCUT2D eigenvalue weighted by molar-refractivity contribution is 5.82. The SMILES string of the molecule is CC(C)N(C/C=C/c1ccc(C(F)(F)F)cc1)Cc1cccc2cc[nH]c12. The Balaban J connectivity index is 1.68. The van der Waals surface area contributed by atoms with Crippen molar-refractivity contribution in [1.82, 2.24) is 9.88 Å². The van der Waals surface area contributed by atoms with Crippen LogP contribution in [0.4, 0.5) is 13.2 Å². The standard InChI is InChI=1S/C22H23F3N2/c1-16(2)27(15-19-7-3-6-18-12-13-26-21(18)19)14-4-5-17-8-10-20(11-9-17)22(23,24)25/h3-13,16,26H,14-15H2,1-2H3/b5-4+. The Morgan fingerprint density at radius 2 is 1.78 bits per heavy atom. The van der Waals surface area contributed by atoms with E-state index in [-0.39, 0.29) is 0 Å². The lowest BCUT2D eigenvalue weighted by Gasteiger charge is -2.25. The topological polar surface area (TPSA) is 19.0 Å². The van der Waals surface area contributed by atoms with E-state index in [1.807, 2.05) is 18.3 Å². The van der Waals surface area contributed by atoms with Crippen molar-refractivity contribution in [3.05, 3.63) is 77.5 Å². The van der Waals surface area contributed by atoms with Gasteiger partial charge in [-0.2, -0.15) is 13.2 Å². The number of alkyl halides is 3. The first-order valence-electron chi connectivity index (χ1n) is 8.97. The number of rotatable bonds is 6. The van der Waals surface area contributed by atoms with Crippen molar-refractivity contribution in [3.63, 3.8) is 0 Å². The predicted octanol–water partition coefficient (Wildman–Crippen LogP) is 6.11. The third kappa shape index (κ3) is 4.80. The van der Waals surface area contributed by atoms with Crippen LogP contribution in [0.15, 0.2) is 60.8 Å². The molecule has 142 valence electrons. The summed E-state index contributed by atoms with van der Waals surface area (Å²) in [7, 11) is 0. The zero-order valence-corrected chi connectivity index (χ0v) is 15.4. The Morgan fingerprint density at radius 3 is 2.44 bits per heavy atom. The molecule has 0 atom stereocenters. The molecule has 2 aromatic carbocycles. The van der Waals surface area contributed by atoms with Crippen molar-refractivity contribution in [1.29, 1.82) is 0 Å². The number of hydrogen-bond donors (Lipinski definition) is 1. The minimum Gasteiger partial charge on any atom is -0.361 e. The molecule has 1 N–H and O–H groups in total. The molecule has 0 saturated heterocycles. The number of halogens is 3. The van der Waals surface area contributed by atoms with Crippen LogP contribution in [-0.2, 0) is 12.7 Å².